The predicted octanol–water partition coefficient (Wildman–Crippen LogP) is 0.891. The molecule has 25 heteroatoms. The van der Waals surface area contributed by atoms with Crippen molar-refractivity contribution in [3.8, 4) is 5.75 Å². The van der Waals surface area contributed by atoms with Crippen LogP contribution in [0.3, 0.4) is 0 Å². The number of phenols is 1. The third-order valence-corrected chi connectivity index (χ3v) is 13.9. The van der Waals surface area contributed by atoms with Crippen LogP contribution in [-0.2, 0) is 68.8 Å². The van der Waals surface area contributed by atoms with Gasteiger partial charge in [0.2, 0.25) is 41.4 Å². The highest BCUT2D eigenvalue weighted by Gasteiger charge is 2.40. The molecule has 0 radical (unpaired) electrons. The summed E-state index contributed by atoms with van der Waals surface area (Å²) < 4.78 is -1.42. The highest BCUT2D eigenvalue weighted by Crippen LogP contribution is 2.23. The van der Waals surface area contributed by atoms with Crippen LogP contribution in [0, 0.1) is 0 Å². The molecule has 0 fully saturated rings. The van der Waals surface area contributed by atoms with Gasteiger partial charge in [0.1, 0.15) is 48.0 Å². The number of thiol groups is 2. The first-order valence-electron chi connectivity index (χ1n) is 25.8. The first kappa shape index (κ1) is 61.8. The Morgan fingerprint density at radius 1 is 0.531 bits per heavy atom. The molecule has 4 aromatic carbocycles. The van der Waals surface area contributed by atoms with Crippen molar-refractivity contribution in [1.82, 2.24) is 47.2 Å². The second kappa shape index (κ2) is 28.2. The maximum absolute atomic E-state index is 15.0. The molecule has 23 nitrogen and oxygen atoms in total. The highest BCUT2D eigenvalue weighted by atomic mass is 32.1. The summed E-state index contributed by atoms with van der Waals surface area (Å²) in [6.07, 6.45) is 1.89. The first-order valence-corrected chi connectivity index (χ1v) is 26.8. The third-order valence-electron chi connectivity index (χ3n) is 13.3. The third kappa shape index (κ3) is 17.3. The Labute approximate surface area is 476 Å². The number of H-pyrrole nitrogens is 2. The molecule has 0 saturated heterocycles. The molecule has 0 spiro atoms. The molecule has 0 bridgehead atoms. The lowest BCUT2D eigenvalue weighted by molar-refractivity contribution is -0.143. The van der Waals surface area contributed by atoms with Gasteiger partial charge in [0, 0.05) is 76.4 Å². The first-order chi connectivity index (χ1) is 38.4. The van der Waals surface area contributed by atoms with E-state index in [9.17, 15) is 53.4 Å². The van der Waals surface area contributed by atoms with Gasteiger partial charge in [0.05, 0.1) is 12.5 Å². The number of benzene rings is 4. The zero-order valence-corrected chi connectivity index (χ0v) is 46.3. The Morgan fingerprint density at radius 3 is 1.40 bits per heavy atom. The average molecular weight is 1150 g/mol. The van der Waals surface area contributed by atoms with Crippen molar-refractivity contribution in [2.24, 2.45) is 11.5 Å². The summed E-state index contributed by atoms with van der Waals surface area (Å²) in [5.74, 6) is -9.46. The number of carboxylic acids is 2. The van der Waals surface area contributed by atoms with Crippen molar-refractivity contribution in [3.05, 3.63) is 138 Å². The summed E-state index contributed by atoms with van der Waals surface area (Å²) >= 11 is 8.93. The van der Waals surface area contributed by atoms with Crippen LogP contribution in [0.1, 0.15) is 49.4 Å². The monoisotopic (exact) mass is 1150 g/mol. The van der Waals surface area contributed by atoms with E-state index in [1.807, 2.05) is 12.1 Å². The van der Waals surface area contributed by atoms with Crippen molar-refractivity contribution < 1.29 is 58.5 Å². The number of phenolic OH excluding ortho intramolecular Hbond substituents is 1. The molecule has 0 saturated carbocycles. The van der Waals surface area contributed by atoms with Crippen molar-refractivity contribution in [1.29, 1.82) is 0 Å². The van der Waals surface area contributed by atoms with E-state index in [2.05, 4.69) is 59.8 Å². The summed E-state index contributed by atoms with van der Waals surface area (Å²) in [6.45, 7) is 4.45. The van der Waals surface area contributed by atoms with E-state index in [1.165, 1.54) is 45.0 Å². The van der Waals surface area contributed by atoms with Gasteiger partial charge in [-0.15, -0.1) is 0 Å². The number of aromatic hydroxyl groups is 1. The van der Waals surface area contributed by atoms with Crippen molar-refractivity contribution >= 4 is 100 Å². The molecule has 2 heterocycles. The molecular weight excluding hydrogens is 1080 g/mol. The lowest BCUT2D eigenvalue weighted by Gasteiger charge is -2.33. The van der Waals surface area contributed by atoms with Gasteiger partial charge in [-0.1, -0.05) is 78.9 Å². The summed E-state index contributed by atoms with van der Waals surface area (Å²) in [5.41, 5.74) is 15.3. The number of aromatic amines is 2. The van der Waals surface area contributed by atoms with E-state index in [4.69, 9.17) is 29.2 Å². The summed E-state index contributed by atoms with van der Waals surface area (Å²) in [7, 11) is 0. The van der Waals surface area contributed by atoms with Crippen LogP contribution in [0.4, 0.5) is 0 Å². The molecule has 16 N–H and O–H groups in total. The fourth-order valence-corrected chi connectivity index (χ4v) is 9.34. The number of aromatic nitrogens is 2. The van der Waals surface area contributed by atoms with E-state index >= 15 is 0 Å². The maximum Gasteiger partial charge on any atom is 0.327 e. The number of fused-ring (bicyclic) bond motifs is 2. The lowest BCUT2D eigenvalue weighted by atomic mass is 9.97. The Bertz CT molecular complexity index is 3220. The van der Waals surface area contributed by atoms with E-state index in [-0.39, 0.29) is 37.2 Å². The van der Waals surface area contributed by atoms with E-state index < -0.39 is 119 Å². The van der Waals surface area contributed by atoms with Crippen LogP contribution in [0.2, 0.25) is 0 Å². The zero-order valence-electron chi connectivity index (χ0n) is 44.5. The Morgan fingerprint density at radius 2 is 0.938 bits per heavy atom. The van der Waals surface area contributed by atoms with Gasteiger partial charge >= 0.3 is 11.9 Å². The molecule has 0 aliphatic carbocycles. The van der Waals surface area contributed by atoms with Gasteiger partial charge in [0.15, 0.2) is 0 Å². The van der Waals surface area contributed by atoms with Crippen molar-refractivity contribution in [3.63, 3.8) is 0 Å². The average Bonchev–Trinajstić information content (AvgIpc) is 4.28. The molecule has 1 unspecified atom stereocenters. The molecule has 7 amide bonds. The molecule has 430 valence electrons. The number of aliphatic carboxylic acids is 2. The Hall–Kier alpha value is -8.39. The number of para-hydroxylation sites is 2. The maximum atomic E-state index is 15.0. The molecule has 6 aromatic rings. The van der Waals surface area contributed by atoms with E-state index in [0.717, 1.165) is 10.9 Å². The Balaban J connectivity index is 1.31. The molecule has 2 aromatic heterocycles. The van der Waals surface area contributed by atoms with Gasteiger partial charge < -0.3 is 74.0 Å². The van der Waals surface area contributed by atoms with E-state index in [1.54, 1.807) is 79.1 Å². The summed E-state index contributed by atoms with van der Waals surface area (Å²) in [6, 6.07) is 15.8. The molecule has 9 atom stereocenters. The fraction of sp³-hybridized carbons (Fsp3) is 0.339. The number of carbonyl (C=O) groups is 9. The molecule has 0 aliphatic rings. The largest absolute Gasteiger partial charge is 0.508 e. The van der Waals surface area contributed by atoms with Gasteiger partial charge in [-0.05, 0) is 67.3 Å². The number of amides is 7. The second-order valence-corrected chi connectivity index (χ2v) is 21.7. The Kier molecular flexibility index (Phi) is 21.5. The fourth-order valence-electron chi connectivity index (χ4n) is 8.90. The standard InChI is InChI=1S/C56H67N11O12S2/c1-29(57)46(55(78)79)66-51(74)42(23-32-26-59-38-15-9-7-13-35(32)38)62-50(73)41(22-31-17-19-34(68)20-18-31)64-54(77)47(56(2,3)81)67-52(75)43(24-33-27-60-39-16-10-8-14-36(33)39)63-49(72)40(21-30-11-5-4-6-12-30)61-53(76)44(28-80)65-48(71)37(58)25-45(69)70/h4-20,26-27,29,37,40-44,46-47,59-60,68,80-81H,21-25,28,57-58H2,1-3H3,(H,61,76)(H,62,73)(H,63,72)(H,64,77)(H,65,71)(H,66,74)(H,67,75)(H,69,70)(H,78,79)/t29?,37-,40-,41-,42+,43-,44-,46-,47+/m0/s1. The number of carboxylic acid groups (broad SMARTS) is 2. The predicted molar refractivity (Wildman–Crippen MR) is 308 cm³/mol. The van der Waals surface area contributed by atoms with Crippen molar-refractivity contribution in [2.75, 3.05) is 5.75 Å². The minimum absolute atomic E-state index is 0.0884. The number of hydrogen-bond acceptors (Lipinski definition) is 14. The SMILES string of the molecule is CC(N)[C@H](NC(=O)[C@@H](Cc1c[nH]c2ccccc12)NC(=O)[C@H](Cc1ccc(O)cc1)NC(=O)[C@@H](NC(=O)[C@H](Cc1c[nH]c2ccccc12)NC(=O)[C@H](Cc1ccccc1)NC(=O)[C@H](CS)NC(=O)[C@@H](N)CC(=O)O)C(C)(C)S)C(=O)O. The zero-order chi connectivity index (χ0) is 59.1. The molecule has 6 rings (SSSR count). The van der Waals surface area contributed by atoms with Crippen LogP contribution in [0.15, 0.2) is 116 Å². The van der Waals surface area contributed by atoms with Gasteiger partial charge in [-0.25, -0.2) is 4.79 Å². The van der Waals surface area contributed by atoms with Crippen LogP contribution in [-0.4, -0.2) is 143 Å². The summed E-state index contributed by atoms with van der Waals surface area (Å²) in [4.78, 5) is 130. The number of hydrogen-bond donors (Lipinski definition) is 16. The topological polar surface area (TPSA) is 382 Å². The van der Waals surface area contributed by atoms with Gasteiger partial charge in [-0.3, -0.25) is 38.4 Å². The van der Waals surface area contributed by atoms with Crippen LogP contribution < -0.4 is 48.7 Å². The van der Waals surface area contributed by atoms with Crippen molar-refractivity contribution in [2.45, 2.75) is 112 Å². The number of nitrogens with two attached hydrogens (primary N) is 2. The summed E-state index contributed by atoms with van der Waals surface area (Å²) in [5, 5.41) is 49.0. The minimum atomic E-state index is -1.58. The number of rotatable bonds is 28. The molecular formula is C56H67N11O12S2. The van der Waals surface area contributed by atoms with Crippen LogP contribution >= 0.6 is 25.3 Å². The molecule has 0 aliphatic heterocycles. The van der Waals surface area contributed by atoms with Crippen LogP contribution in [0.5, 0.6) is 5.75 Å². The number of carbonyl (C=O) groups excluding carboxylic acids is 7. The van der Waals surface area contributed by atoms with Crippen LogP contribution in [0.25, 0.3) is 21.8 Å². The smallest absolute Gasteiger partial charge is 0.327 e. The quantitative estimate of drug-likeness (QED) is 0.0304. The number of nitrogens with one attached hydrogen (secondary N) is 9. The normalized spacial score (nSPS) is 14.8. The minimum Gasteiger partial charge on any atom is -0.508 e. The van der Waals surface area contributed by atoms with Gasteiger partial charge in [0.25, 0.3) is 0 Å². The lowest BCUT2D eigenvalue weighted by Crippen LogP contribution is -2.64. The second-order valence-electron chi connectivity index (χ2n) is 20.2. The van der Waals surface area contributed by atoms with Gasteiger partial charge in [-0.2, -0.15) is 25.3 Å². The van der Waals surface area contributed by atoms with E-state index in [0.29, 0.717) is 33.2 Å². The molecule has 81 heavy (non-hydrogen) atoms. The highest BCUT2D eigenvalue weighted by molar-refractivity contribution is 7.81.